The number of hydrogen-bond acceptors (Lipinski definition) is 6. The van der Waals surface area contributed by atoms with Gasteiger partial charge in [-0.25, -0.2) is 9.97 Å². The predicted molar refractivity (Wildman–Crippen MR) is 103 cm³/mol. The second-order valence-corrected chi connectivity index (χ2v) is 6.88. The zero-order valence-corrected chi connectivity index (χ0v) is 15.4. The van der Waals surface area contributed by atoms with Gasteiger partial charge in [-0.3, -0.25) is 4.90 Å². The Morgan fingerprint density at radius 3 is 2.88 bits per heavy atom. The third kappa shape index (κ3) is 4.71. The number of hydrogen-bond donors (Lipinski definition) is 3. The van der Waals surface area contributed by atoms with Crippen LogP contribution in [0, 0.1) is 6.92 Å². The summed E-state index contributed by atoms with van der Waals surface area (Å²) in [6.07, 6.45) is 4.53. The second-order valence-electron chi connectivity index (χ2n) is 6.88. The van der Waals surface area contributed by atoms with Crippen molar-refractivity contribution < 1.29 is 10.2 Å². The van der Waals surface area contributed by atoms with E-state index in [0.717, 1.165) is 44.0 Å². The molecule has 0 spiro atoms. The number of aryl methyl sites for hydroxylation is 1. The van der Waals surface area contributed by atoms with Crippen LogP contribution in [-0.4, -0.2) is 57.4 Å². The lowest BCUT2D eigenvalue weighted by Crippen LogP contribution is -2.42. The van der Waals surface area contributed by atoms with Crippen molar-refractivity contribution in [2.24, 2.45) is 0 Å². The van der Waals surface area contributed by atoms with Crippen molar-refractivity contribution in [1.29, 1.82) is 0 Å². The van der Waals surface area contributed by atoms with Crippen LogP contribution in [0.1, 0.15) is 31.4 Å². The topological polar surface area (TPSA) is 81.5 Å². The van der Waals surface area contributed by atoms with Gasteiger partial charge in [0.1, 0.15) is 11.6 Å². The highest BCUT2D eigenvalue weighted by molar-refractivity contribution is 5.64. The molecule has 0 bridgehead atoms. The third-order valence-corrected chi connectivity index (χ3v) is 4.89. The normalized spacial score (nSPS) is 18.0. The average molecular weight is 356 g/mol. The summed E-state index contributed by atoms with van der Waals surface area (Å²) in [6.45, 7) is 5.05. The van der Waals surface area contributed by atoms with Gasteiger partial charge in [0.2, 0.25) is 0 Å². The van der Waals surface area contributed by atoms with Crippen LogP contribution in [0.25, 0.3) is 11.4 Å². The first-order valence-electron chi connectivity index (χ1n) is 9.40. The maximum Gasteiger partial charge on any atom is 0.165 e. The Kier molecular flexibility index (Phi) is 6.41. The lowest BCUT2D eigenvalue weighted by molar-refractivity contribution is 0.0901. The van der Waals surface area contributed by atoms with Crippen molar-refractivity contribution >= 4 is 5.82 Å². The number of anilines is 1. The Balaban J connectivity index is 1.58. The van der Waals surface area contributed by atoms with Gasteiger partial charge in [0.25, 0.3) is 0 Å². The van der Waals surface area contributed by atoms with E-state index in [9.17, 15) is 10.2 Å². The second kappa shape index (κ2) is 8.96. The minimum Gasteiger partial charge on any atom is -0.507 e. The predicted octanol–water partition coefficient (Wildman–Crippen LogP) is 2.81. The molecule has 2 heterocycles. The zero-order valence-electron chi connectivity index (χ0n) is 15.4. The number of rotatable bonds is 7. The number of nitrogens with zero attached hydrogens (tertiary/aromatic N) is 3. The monoisotopic (exact) mass is 356 g/mol. The van der Waals surface area contributed by atoms with Gasteiger partial charge in [-0.2, -0.15) is 0 Å². The fraction of sp³-hybridized carbons (Fsp3) is 0.500. The first-order chi connectivity index (χ1) is 12.7. The van der Waals surface area contributed by atoms with Gasteiger partial charge >= 0.3 is 0 Å². The first kappa shape index (κ1) is 18.6. The fourth-order valence-corrected chi connectivity index (χ4v) is 3.50. The van der Waals surface area contributed by atoms with Crippen LogP contribution in [0.2, 0.25) is 0 Å². The van der Waals surface area contributed by atoms with E-state index < -0.39 is 0 Å². The smallest absolute Gasteiger partial charge is 0.165 e. The highest BCUT2D eigenvalue weighted by Crippen LogP contribution is 2.26. The Hall–Kier alpha value is -2.18. The summed E-state index contributed by atoms with van der Waals surface area (Å²) < 4.78 is 0. The molecule has 1 unspecified atom stereocenters. The van der Waals surface area contributed by atoms with Gasteiger partial charge in [0, 0.05) is 30.9 Å². The Labute approximate surface area is 154 Å². The maximum absolute atomic E-state index is 10.0. The van der Waals surface area contributed by atoms with E-state index >= 15 is 0 Å². The van der Waals surface area contributed by atoms with Crippen LogP contribution in [0.3, 0.4) is 0 Å². The van der Waals surface area contributed by atoms with Crippen molar-refractivity contribution in [3.05, 3.63) is 36.0 Å². The van der Waals surface area contributed by atoms with E-state index in [2.05, 4.69) is 20.2 Å². The molecular weight excluding hydrogens is 328 g/mol. The highest BCUT2D eigenvalue weighted by Gasteiger charge is 2.20. The Morgan fingerprint density at radius 2 is 2.08 bits per heavy atom. The van der Waals surface area contributed by atoms with Gasteiger partial charge in [0.15, 0.2) is 5.82 Å². The van der Waals surface area contributed by atoms with Gasteiger partial charge in [0.05, 0.1) is 12.2 Å². The molecule has 0 saturated carbocycles. The summed E-state index contributed by atoms with van der Waals surface area (Å²) in [7, 11) is 0. The molecule has 3 rings (SSSR count). The summed E-state index contributed by atoms with van der Waals surface area (Å²) in [4.78, 5) is 11.4. The fourth-order valence-electron chi connectivity index (χ4n) is 3.50. The van der Waals surface area contributed by atoms with Crippen LogP contribution < -0.4 is 5.32 Å². The minimum absolute atomic E-state index is 0.184. The molecule has 1 fully saturated rings. The molecule has 1 aromatic heterocycles. The van der Waals surface area contributed by atoms with E-state index in [1.54, 1.807) is 12.1 Å². The average Bonchev–Trinajstić information content (AvgIpc) is 2.65. The van der Waals surface area contributed by atoms with Crippen molar-refractivity contribution in [3.8, 4) is 17.1 Å². The molecule has 1 aromatic carbocycles. The number of phenols is 1. The number of aromatic nitrogens is 2. The van der Waals surface area contributed by atoms with Crippen molar-refractivity contribution in [2.75, 3.05) is 31.6 Å². The molecule has 0 aliphatic carbocycles. The third-order valence-electron chi connectivity index (χ3n) is 4.89. The van der Waals surface area contributed by atoms with Crippen molar-refractivity contribution in [1.82, 2.24) is 14.9 Å². The largest absolute Gasteiger partial charge is 0.507 e. The van der Waals surface area contributed by atoms with Crippen LogP contribution in [0.4, 0.5) is 5.82 Å². The molecule has 6 heteroatoms. The number of aliphatic hydroxyl groups is 1. The molecule has 0 radical (unpaired) electrons. The Bertz CT molecular complexity index is 723. The molecule has 6 nitrogen and oxygen atoms in total. The molecule has 2 aromatic rings. The van der Waals surface area contributed by atoms with E-state index in [0.29, 0.717) is 17.4 Å². The van der Waals surface area contributed by atoms with E-state index in [4.69, 9.17) is 0 Å². The number of aromatic hydroxyl groups is 1. The molecule has 1 aliphatic heterocycles. The van der Waals surface area contributed by atoms with E-state index in [-0.39, 0.29) is 12.4 Å². The molecule has 140 valence electrons. The number of para-hydroxylation sites is 1. The number of benzene rings is 1. The summed E-state index contributed by atoms with van der Waals surface area (Å²) in [5, 5.41) is 22.9. The van der Waals surface area contributed by atoms with Crippen LogP contribution in [0.5, 0.6) is 5.75 Å². The standard InChI is InChI=1S/C20H28N4O2/c1-15-13-19(23-20(22-15)17-8-2-3-9-18(17)26)21-10-6-12-24-11-5-4-7-16(24)14-25/h2-3,8-9,13,16,25-26H,4-7,10-12,14H2,1H3,(H,21,22,23). The van der Waals surface area contributed by atoms with Crippen molar-refractivity contribution in [3.63, 3.8) is 0 Å². The maximum atomic E-state index is 10.0. The SMILES string of the molecule is Cc1cc(NCCCN2CCCCC2CO)nc(-c2ccccc2O)n1. The van der Waals surface area contributed by atoms with Crippen molar-refractivity contribution in [2.45, 2.75) is 38.6 Å². The molecule has 0 amide bonds. The molecule has 26 heavy (non-hydrogen) atoms. The highest BCUT2D eigenvalue weighted by atomic mass is 16.3. The molecule has 1 saturated heterocycles. The van der Waals surface area contributed by atoms with Gasteiger partial charge in [-0.15, -0.1) is 0 Å². The summed E-state index contributed by atoms with van der Waals surface area (Å²) in [5.41, 5.74) is 1.50. The first-order valence-corrected chi connectivity index (χ1v) is 9.40. The quantitative estimate of drug-likeness (QED) is 0.662. The van der Waals surface area contributed by atoms with Crippen LogP contribution >= 0.6 is 0 Å². The lowest BCUT2D eigenvalue weighted by Gasteiger charge is -2.34. The lowest BCUT2D eigenvalue weighted by atomic mass is 10.0. The van der Waals surface area contributed by atoms with Gasteiger partial charge in [-0.05, 0) is 44.9 Å². The molecular formula is C20H28N4O2. The number of nitrogens with one attached hydrogen (secondary N) is 1. The number of piperidine rings is 1. The number of phenolic OH excluding ortho intramolecular Hbond substituents is 1. The molecule has 1 aliphatic rings. The number of aliphatic hydroxyl groups excluding tert-OH is 1. The minimum atomic E-state index is 0.184. The summed E-state index contributed by atoms with van der Waals surface area (Å²) >= 11 is 0. The van der Waals surface area contributed by atoms with E-state index in [1.807, 2.05) is 25.1 Å². The molecule has 3 N–H and O–H groups in total. The molecule has 1 atom stereocenters. The summed E-state index contributed by atoms with van der Waals surface area (Å²) in [5.74, 6) is 1.49. The summed E-state index contributed by atoms with van der Waals surface area (Å²) in [6, 6.07) is 9.35. The van der Waals surface area contributed by atoms with Gasteiger partial charge in [-0.1, -0.05) is 18.6 Å². The van der Waals surface area contributed by atoms with Crippen LogP contribution in [0.15, 0.2) is 30.3 Å². The van der Waals surface area contributed by atoms with E-state index in [1.165, 1.54) is 12.8 Å². The number of likely N-dealkylation sites (tertiary alicyclic amines) is 1. The van der Waals surface area contributed by atoms with Crippen LogP contribution in [-0.2, 0) is 0 Å². The van der Waals surface area contributed by atoms with Gasteiger partial charge < -0.3 is 15.5 Å². The zero-order chi connectivity index (χ0) is 18.4. The Morgan fingerprint density at radius 1 is 1.23 bits per heavy atom.